The van der Waals surface area contributed by atoms with Crippen molar-refractivity contribution in [1.82, 2.24) is 14.5 Å². The number of para-hydroxylation sites is 2. The van der Waals surface area contributed by atoms with Crippen LogP contribution in [-0.2, 0) is 23.7 Å². The number of piperidine rings is 1. The van der Waals surface area contributed by atoms with Gasteiger partial charge in [0, 0.05) is 38.3 Å². The molecule has 0 radical (unpaired) electrons. The van der Waals surface area contributed by atoms with Crippen molar-refractivity contribution in [2.75, 3.05) is 52.7 Å². The van der Waals surface area contributed by atoms with Crippen molar-refractivity contribution in [2.24, 2.45) is 17.8 Å². The number of aromatic amines is 1. The SMILES string of the molecule is CCO[C@H]1OC(C(=O)N2CCC(n3c(=O)[nH]c4ccccc43)CC2)=C[C@@H](C(C)C)[C@@H]1CCOCCOCCO. The second-order valence-electron chi connectivity index (χ2n) is 10.5. The summed E-state index contributed by atoms with van der Waals surface area (Å²) in [4.78, 5) is 31.0. The predicted octanol–water partition coefficient (Wildman–Crippen LogP) is 3.07. The highest BCUT2D eigenvalue weighted by atomic mass is 16.7. The van der Waals surface area contributed by atoms with Crippen LogP contribution in [0.5, 0.6) is 0 Å². The molecule has 216 valence electrons. The van der Waals surface area contributed by atoms with Crippen molar-refractivity contribution in [3.8, 4) is 0 Å². The highest BCUT2D eigenvalue weighted by Crippen LogP contribution is 2.37. The van der Waals surface area contributed by atoms with Crippen LogP contribution >= 0.6 is 0 Å². The van der Waals surface area contributed by atoms with Crippen molar-refractivity contribution in [3.05, 3.63) is 46.6 Å². The van der Waals surface area contributed by atoms with Crippen molar-refractivity contribution < 1.29 is 28.8 Å². The molecule has 1 fully saturated rings. The normalized spacial score (nSPS) is 22.3. The Bertz CT molecular complexity index is 1150. The van der Waals surface area contributed by atoms with Gasteiger partial charge in [0.1, 0.15) is 0 Å². The number of likely N-dealkylation sites (tertiary alicyclic amines) is 1. The smallest absolute Gasteiger partial charge is 0.326 e. The largest absolute Gasteiger partial charge is 0.459 e. The quantitative estimate of drug-likeness (QED) is 0.372. The number of benzene rings is 1. The minimum Gasteiger partial charge on any atom is -0.459 e. The molecular weight excluding hydrogens is 502 g/mol. The van der Waals surface area contributed by atoms with Gasteiger partial charge in [-0.2, -0.15) is 0 Å². The molecule has 10 heteroatoms. The molecule has 1 saturated heterocycles. The van der Waals surface area contributed by atoms with Crippen LogP contribution in [0, 0.1) is 17.8 Å². The van der Waals surface area contributed by atoms with Crippen LogP contribution in [-0.4, -0.2) is 84.5 Å². The summed E-state index contributed by atoms with van der Waals surface area (Å²) in [7, 11) is 0. The van der Waals surface area contributed by atoms with Crippen LogP contribution in [0.4, 0.5) is 0 Å². The molecule has 0 aliphatic carbocycles. The number of rotatable bonds is 13. The van der Waals surface area contributed by atoms with E-state index in [-0.39, 0.29) is 42.0 Å². The van der Waals surface area contributed by atoms with E-state index in [1.54, 1.807) is 0 Å². The summed E-state index contributed by atoms with van der Waals surface area (Å²) >= 11 is 0. The van der Waals surface area contributed by atoms with Crippen LogP contribution in [0.25, 0.3) is 11.0 Å². The van der Waals surface area contributed by atoms with E-state index in [4.69, 9.17) is 24.1 Å². The van der Waals surface area contributed by atoms with Crippen molar-refractivity contribution in [3.63, 3.8) is 0 Å². The summed E-state index contributed by atoms with van der Waals surface area (Å²) in [5.41, 5.74) is 1.63. The number of allylic oxidation sites excluding steroid dienone is 1. The molecule has 10 nitrogen and oxygen atoms in total. The molecule has 2 aromatic rings. The fraction of sp³-hybridized carbons (Fsp3) is 0.655. The molecule has 1 amide bonds. The zero-order chi connectivity index (χ0) is 27.8. The minimum atomic E-state index is -0.525. The van der Waals surface area contributed by atoms with E-state index in [0.29, 0.717) is 64.7 Å². The van der Waals surface area contributed by atoms with Crippen LogP contribution in [0.3, 0.4) is 0 Å². The standard InChI is InChI=1S/C29H43N3O7/c1-4-38-28-22(11-15-36-17-18-37-16-14-33)23(20(2)3)19-26(39-28)27(34)31-12-9-21(10-13-31)32-25-8-6-5-7-24(25)30-29(32)35/h5-8,19-23,28,33H,4,9-18H2,1-3H3,(H,30,35)/t22-,23-,28-/m0/s1. The number of H-pyrrole nitrogens is 1. The van der Waals surface area contributed by atoms with Gasteiger partial charge in [0.05, 0.1) is 37.5 Å². The molecule has 4 rings (SSSR count). The zero-order valence-electron chi connectivity index (χ0n) is 23.3. The maximum absolute atomic E-state index is 13.6. The summed E-state index contributed by atoms with van der Waals surface area (Å²) in [5.74, 6) is 0.678. The van der Waals surface area contributed by atoms with Gasteiger partial charge in [0.25, 0.3) is 5.91 Å². The molecule has 0 spiro atoms. The maximum Gasteiger partial charge on any atom is 0.326 e. The molecule has 0 saturated carbocycles. The Morgan fingerprint density at radius 1 is 1.13 bits per heavy atom. The maximum atomic E-state index is 13.6. The molecule has 0 unspecified atom stereocenters. The molecular formula is C29H43N3O7. The van der Waals surface area contributed by atoms with E-state index in [1.165, 1.54) is 0 Å². The topological polar surface area (TPSA) is 115 Å². The number of nitrogens with zero attached hydrogens (tertiary/aromatic N) is 2. The molecule has 3 atom stereocenters. The highest BCUT2D eigenvalue weighted by molar-refractivity contribution is 5.91. The monoisotopic (exact) mass is 545 g/mol. The molecule has 2 N–H and O–H groups in total. The Balaban J connectivity index is 1.39. The molecule has 2 aliphatic heterocycles. The lowest BCUT2D eigenvalue weighted by Gasteiger charge is -2.40. The fourth-order valence-electron chi connectivity index (χ4n) is 5.72. The van der Waals surface area contributed by atoms with Gasteiger partial charge in [-0.3, -0.25) is 9.36 Å². The average Bonchev–Trinajstić information content (AvgIpc) is 3.28. The number of carbonyl (C=O) groups is 1. The first-order valence-corrected chi connectivity index (χ1v) is 14.2. The zero-order valence-corrected chi connectivity index (χ0v) is 23.3. The Hall–Kier alpha value is -2.66. The number of aliphatic hydroxyl groups is 1. The fourth-order valence-corrected chi connectivity index (χ4v) is 5.72. The number of nitrogens with one attached hydrogen (secondary N) is 1. The van der Waals surface area contributed by atoms with Crippen molar-refractivity contribution in [1.29, 1.82) is 0 Å². The number of fused-ring (bicyclic) bond motifs is 1. The third-order valence-electron chi connectivity index (χ3n) is 7.69. The number of hydrogen-bond donors (Lipinski definition) is 2. The lowest BCUT2D eigenvalue weighted by molar-refractivity contribution is -0.180. The van der Waals surface area contributed by atoms with E-state index in [9.17, 15) is 9.59 Å². The number of aliphatic hydroxyl groups excluding tert-OH is 1. The Morgan fingerprint density at radius 3 is 2.54 bits per heavy atom. The first kappa shape index (κ1) is 29.3. The van der Waals surface area contributed by atoms with Crippen LogP contribution in [0.2, 0.25) is 0 Å². The van der Waals surface area contributed by atoms with E-state index >= 15 is 0 Å². The van der Waals surface area contributed by atoms with E-state index in [0.717, 1.165) is 17.5 Å². The molecule has 1 aromatic heterocycles. The summed E-state index contributed by atoms with van der Waals surface area (Å²) in [6, 6.07) is 7.75. The van der Waals surface area contributed by atoms with Gasteiger partial charge in [-0.05, 0) is 56.2 Å². The van der Waals surface area contributed by atoms with Crippen LogP contribution < -0.4 is 5.69 Å². The number of aromatic nitrogens is 2. The minimum absolute atomic E-state index is 0.00103. The van der Waals surface area contributed by atoms with Gasteiger partial charge >= 0.3 is 5.69 Å². The summed E-state index contributed by atoms with van der Waals surface area (Å²) in [5, 5.41) is 8.80. The number of carbonyl (C=O) groups excluding carboxylic acids is 1. The van der Waals surface area contributed by atoms with Gasteiger partial charge in [-0.25, -0.2) is 4.79 Å². The number of hydrogen-bond acceptors (Lipinski definition) is 7. The first-order chi connectivity index (χ1) is 18.9. The number of amides is 1. The molecule has 0 bridgehead atoms. The van der Waals surface area contributed by atoms with E-state index in [1.807, 2.05) is 46.7 Å². The molecule has 2 aliphatic rings. The highest BCUT2D eigenvalue weighted by Gasteiger charge is 2.40. The number of imidazole rings is 1. The lowest BCUT2D eigenvalue weighted by Crippen LogP contribution is -2.45. The first-order valence-electron chi connectivity index (χ1n) is 14.2. The molecule has 1 aromatic carbocycles. The third-order valence-corrected chi connectivity index (χ3v) is 7.69. The third kappa shape index (κ3) is 7.11. The average molecular weight is 546 g/mol. The predicted molar refractivity (Wildman–Crippen MR) is 147 cm³/mol. The van der Waals surface area contributed by atoms with E-state index in [2.05, 4.69) is 18.8 Å². The second kappa shape index (κ2) is 14.1. The van der Waals surface area contributed by atoms with Gasteiger partial charge in [0.2, 0.25) is 6.29 Å². The van der Waals surface area contributed by atoms with Gasteiger partial charge in [-0.15, -0.1) is 0 Å². The second-order valence-corrected chi connectivity index (χ2v) is 10.5. The Kier molecular flexibility index (Phi) is 10.6. The van der Waals surface area contributed by atoms with Crippen LogP contribution in [0.1, 0.15) is 46.1 Å². The van der Waals surface area contributed by atoms with E-state index < -0.39 is 6.29 Å². The Labute approximate surface area is 229 Å². The van der Waals surface area contributed by atoms with Crippen LogP contribution in [0.15, 0.2) is 40.9 Å². The van der Waals surface area contributed by atoms with Gasteiger partial charge in [-0.1, -0.05) is 26.0 Å². The molecule has 3 heterocycles. The Morgan fingerprint density at radius 2 is 1.85 bits per heavy atom. The summed E-state index contributed by atoms with van der Waals surface area (Å²) < 4.78 is 25.0. The number of ether oxygens (including phenoxy) is 4. The van der Waals surface area contributed by atoms with Crippen molar-refractivity contribution >= 4 is 16.9 Å². The summed E-state index contributed by atoms with van der Waals surface area (Å²) in [6.07, 6.45) is 3.59. The van der Waals surface area contributed by atoms with Crippen molar-refractivity contribution in [2.45, 2.75) is 52.4 Å². The summed E-state index contributed by atoms with van der Waals surface area (Å²) in [6.45, 7) is 9.55. The van der Waals surface area contributed by atoms with Gasteiger partial charge < -0.3 is 33.9 Å². The van der Waals surface area contributed by atoms with Gasteiger partial charge in [0.15, 0.2) is 5.76 Å². The lowest BCUT2D eigenvalue weighted by atomic mass is 9.79. The molecule has 39 heavy (non-hydrogen) atoms.